The first-order valence-electron chi connectivity index (χ1n) is 8.90. The molecular formula is C23H19NO3. The summed E-state index contributed by atoms with van der Waals surface area (Å²) in [6, 6.07) is 24.3. The summed E-state index contributed by atoms with van der Waals surface area (Å²) in [4.78, 5) is 25.4. The molecule has 0 spiro atoms. The van der Waals surface area contributed by atoms with Gasteiger partial charge in [-0.3, -0.25) is 9.59 Å². The molecule has 0 aliphatic rings. The fraction of sp³-hybridized carbons (Fsp3) is 0.130. The zero-order valence-corrected chi connectivity index (χ0v) is 15.0. The second kappa shape index (κ2) is 7.08. The number of pyridine rings is 1. The average molecular weight is 357 g/mol. The van der Waals surface area contributed by atoms with Gasteiger partial charge in [0.15, 0.2) is 5.43 Å². The monoisotopic (exact) mass is 357 g/mol. The molecule has 0 aliphatic carbocycles. The van der Waals surface area contributed by atoms with E-state index in [2.05, 4.69) is 0 Å². The highest BCUT2D eigenvalue weighted by molar-refractivity contribution is 5.94. The molecule has 4 rings (SSSR count). The van der Waals surface area contributed by atoms with Gasteiger partial charge in [0.1, 0.15) is 12.6 Å². The van der Waals surface area contributed by atoms with E-state index in [1.165, 1.54) is 0 Å². The van der Waals surface area contributed by atoms with Crippen molar-refractivity contribution >= 4 is 27.8 Å². The molecule has 1 aromatic heterocycles. The molecule has 134 valence electrons. The lowest BCUT2D eigenvalue weighted by Gasteiger charge is -2.17. The molecule has 4 aromatic rings. The van der Waals surface area contributed by atoms with Crippen molar-refractivity contribution in [1.82, 2.24) is 4.57 Å². The van der Waals surface area contributed by atoms with Crippen molar-refractivity contribution < 1.29 is 9.53 Å². The van der Waals surface area contributed by atoms with Gasteiger partial charge in [-0.05, 0) is 36.8 Å². The van der Waals surface area contributed by atoms with E-state index in [4.69, 9.17) is 4.74 Å². The lowest BCUT2D eigenvalue weighted by atomic mass is 10.1. The molecule has 0 bridgehead atoms. The summed E-state index contributed by atoms with van der Waals surface area (Å²) in [5.74, 6) is -0.342. The lowest BCUT2D eigenvalue weighted by molar-refractivity contribution is -0.149. The molecule has 0 N–H and O–H groups in total. The highest BCUT2D eigenvalue weighted by atomic mass is 16.5. The molecule has 0 saturated carbocycles. The maximum absolute atomic E-state index is 12.8. The molecule has 27 heavy (non-hydrogen) atoms. The van der Waals surface area contributed by atoms with Gasteiger partial charge in [-0.1, -0.05) is 54.6 Å². The van der Waals surface area contributed by atoms with Gasteiger partial charge in [0.2, 0.25) is 0 Å². The van der Waals surface area contributed by atoms with Gasteiger partial charge >= 0.3 is 5.97 Å². The Labute approximate surface area is 156 Å². The van der Waals surface area contributed by atoms with Crippen LogP contribution in [0.3, 0.4) is 0 Å². The van der Waals surface area contributed by atoms with E-state index in [0.717, 1.165) is 16.6 Å². The zero-order valence-electron chi connectivity index (χ0n) is 15.0. The molecule has 1 atom stereocenters. The molecule has 0 radical (unpaired) electrons. The minimum absolute atomic E-state index is 0.0246. The molecule has 3 aromatic carbocycles. The molecule has 4 heteroatoms. The van der Waals surface area contributed by atoms with E-state index < -0.39 is 0 Å². The number of esters is 1. The highest BCUT2D eigenvalue weighted by Gasteiger charge is 2.16. The summed E-state index contributed by atoms with van der Waals surface area (Å²) in [6.45, 7) is 1.90. The smallest absolute Gasteiger partial charge is 0.326 e. The van der Waals surface area contributed by atoms with Crippen molar-refractivity contribution in [2.75, 3.05) is 0 Å². The van der Waals surface area contributed by atoms with Crippen LogP contribution in [-0.2, 0) is 16.1 Å². The third-order valence-electron chi connectivity index (χ3n) is 4.74. The van der Waals surface area contributed by atoms with E-state index in [1.54, 1.807) is 12.1 Å². The number of carbonyl (C=O) groups is 1. The number of fused-ring (bicyclic) bond motifs is 2. The van der Waals surface area contributed by atoms with Gasteiger partial charge in [-0.2, -0.15) is 0 Å². The number of carbonyl (C=O) groups excluding carboxylic acids is 1. The Hall–Kier alpha value is -3.40. The maximum atomic E-state index is 12.8. The zero-order chi connectivity index (χ0) is 18.8. The fourth-order valence-electron chi connectivity index (χ4n) is 3.40. The van der Waals surface area contributed by atoms with Crippen LogP contribution >= 0.6 is 0 Å². The summed E-state index contributed by atoms with van der Waals surface area (Å²) < 4.78 is 7.48. The lowest BCUT2D eigenvalue weighted by Crippen LogP contribution is -2.19. The molecule has 1 heterocycles. The van der Waals surface area contributed by atoms with Crippen molar-refractivity contribution in [3.63, 3.8) is 0 Å². The van der Waals surface area contributed by atoms with Crippen LogP contribution in [0.25, 0.3) is 21.8 Å². The van der Waals surface area contributed by atoms with Crippen LogP contribution in [0.4, 0.5) is 0 Å². The van der Waals surface area contributed by atoms with Gasteiger partial charge in [-0.25, -0.2) is 0 Å². The first-order chi connectivity index (χ1) is 13.1. The van der Waals surface area contributed by atoms with Crippen molar-refractivity contribution in [3.8, 4) is 0 Å². The van der Waals surface area contributed by atoms with Gasteiger partial charge < -0.3 is 9.30 Å². The third-order valence-corrected chi connectivity index (χ3v) is 4.74. The van der Waals surface area contributed by atoms with E-state index in [1.807, 2.05) is 78.2 Å². The van der Waals surface area contributed by atoms with Gasteiger partial charge in [-0.15, -0.1) is 0 Å². The topological polar surface area (TPSA) is 48.3 Å². The Morgan fingerprint density at radius 1 is 0.852 bits per heavy atom. The molecule has 0 aliphatic heterocycles. The largest absolute Gasteiger partial charge is 0.456 e. The quantitative estimate of drug-likeness (QED) is 0.400. The van der Waals surface area contributed by atoms with Gasteiger partial charge in [0.05, 0.1) is 11.0 Å². The molecule has 0 amide bonds. The van der Waals surface area contributed by atoms with E-state index in [-0.39, 0.29) is 24.0 Å². The first-order valence-corrected chi connectivity index (χ1v) is 8.90. The van der Waals surface area contributed by atoms with E-state index >= 15 is 0 Å². The predicted octanol–water partition coefficient (Wildman–Crippen LogP) is 4.46. The summed E-state index contributed by atoms with van der Waals surface area (Å²) in [5.41, 5.74) is 2.37. The van der Waals surface area contributed by atoms with Crippen molar-refractivity contribution in [3.05, 3.63) is 94.6 Å². The van der Waals surface area contributed by atoms with E-state index in [0.29, 0.717) is 10.8 Å². The van der Waals surface area contributed by atoms with Crippen LogP contribution in [-0.4, -0.2) is 10.5 Å². The average Bonchev–Trinajstić information content (AvgIpc) is 2.72. The number of nitrogens with zero attached hydrogens (tertiary/aromatic N) is 1. The summed E-state index contributed by atoms with van der Waals surface area (Å²) in [6.07, 6.45) is -0.337. The van der Waals surface area contributed by atoms with E-state index in [9.17, 15) is 9.59 Å². The van der Waals surface area contributed by atoms with Crippen molar-refractivity contribution in [2.24, 2.45) is 0 Å². The molecule has 1 unspecified atom stereocenters. The fourth-order valence-corrected chi connectivity index (χ4v) is 3.40. The normalized spacial score (nSPS) is 12.2. The highest BCUT2D eigenvalue weighted by Crippen LogP contribution is 2.21. The summed E-state index contributed by atoms with van der Waals surface area (Å²) >= 11 is 0. The Morgan fingerprint density at radius 3 is 1.96 bits per heavy atom. The van der Waals surface area contributed by atoms with Crippen LogP contribution < -0.4 is 5.43 Å². The standard InChI is InChI=1S/C23H19NO3/c1-16(17-9-3-2-4-10-17)27-22(25)15-24-20-13-7-5-11-18(20)23(26)19-12-6-8-14-21(19)24/h2-14,16H,15H2,1H3. The van der Waals surface area contributed by atoms with Crippen molar-refractivity contribution in [1.29, 1.82) is 0 Å². The van der Waals surface area contributed by atoms with Crippen LogP contribution in [0, 0.1) is 0 Å². The van der Waals surface area contributed by atoms with Crippen LogP contribution in [0.2, 0.25) is 0 Å². The number of hydrogen-bond donors (Lipinski definition) is 0. The minimum Gasteiger partial charge on any atom is -0.456 e. The number of rotatable bonds is 4. The number of ether oxygens (including phenoxy) is 1. The molecule has 0 saturated heterocycles. The summed E-state index contributed by atoms with van der Waals surface area (Å²) in [5, 5.41) is 1.19. The first kappa shape index (κ1) is 17.0. The summed E-state index contributed by atoms with van der Waals surface area (Å²) in [7, 11) is 0. The van der Waals surface area contributed by atoms with Crippen LogP contribution in [0.5, 0.6) is 0 Å². The number of para-hydroxylation sites is 2. The van der Waals surface area contributed by atoms with Crippen LogP contribution in [0.1, 0.15) is 18.6 Å². The van der Waals surface area contributed by atoms with Gasteiger partial charge in [0, 0.05) is 10.8 Å². The van der Waals surface area contributed by atoms with Crippen LogP contribution in [0.15, 0.2) is 83.7 Å². The Bertz CT molecular complexity index is 1120. The molecule has 0 fully saturated rings. The molecule has 4 nitrogen and oxygen atoms in total. The van der Waals surface area contributed by atoms with Crippen molar-refractivity contribution in [2.45, 2.75) is 19.6 Å². The SMILES string of the molecule is CC(OC(=O)Cn1c2ccccc2c(=O)c2ccccc21)c1ccccc1. The Kier molecular flexibility index (Phi) is 4.47. The number of hydrogen-bond acceptors (Lipinski definition) is 3. The number of aromatic nitrogens is 1. The third kappa shape index (κ3) is 3.22. The minimum atomic E-state index is -0.342. The Balaban J connectivity index is 1.73. The second-order valence-electron chi connectivity index (χ2n) is 6.49. The Morgan fingerprint density at radius 2 is 1.37 bits per heavy atom. The number of benzene rings is 3. The predicted molar refractivity (Wildman–Crippen MR) is 107 cm³/mol. The molecular weight excluding hydrogens is 338 g/mol. The second-order valence-corrected chi connectivity index (χ2v) is 6.49. The maximum Gasteiger partial charge on any atom is 0.326 e. The van der Waals surface area contributed by atoms with Gasteiger partial charge in [0.25, 0.3) is 0 Å².